The normalized spacial score (nSPS) is 10.4. The molecule has 0 unspecified atom stereocenters. The molecule has 0 radical (unpaired) electrons. The smallest absolute Gasteiger partial charge is 0.198 e. The number of H-pyrrole nitrogens is 1. The SMILES string of the molecule is Cc1cn[nH]c1-c1nonc1N. The Balaban J connectivity index is 2.57. The number of aryl methyl sites for hydroxylation is 1. The van der Waals surface area contributed by atoms with Crippen molar-refractivity contribution in [2.75, 3.05) is 5.73 Å². The average molecular weight is 165 g/mol. The summed E-state index contributed by atoms with van der Waals surface area (Å²) in [6, 6.07) is 0. The summed E-state index contributed by atoms with van der Waals surface area (Å²) >= 11 is 0. The van der Waals surface area contributed by atoms with Gasteiger partial charge in [0.15, 0.2) is 11.5 Å². The zero-order valence-electron chi connectivity index (χ0n) is 6.40. The molecule has 0 aliphatic carbocycles. The summed E-state index contributed by atoms with van der Waals surface area (Å²) in [6.45, 7) is 1.90. The highest BCUT2D eigenvalue weighted by molar-refractivity contribution is 5.67. The van der Waals surface area contributed by atoms with Crippen LogP contribution in [0.1, 0.15) is 5.56 Å². The van der Waals surface area contributed by atoms with Gasteiger partial charge >= 0.3 is 0 Å². The Bertz CT molecular complexity index is 352. The Morgan fingerprint density at radius 3 is 2.83 bits per heavy atom. The fourth-order valence-electron chi connectivity index (χ4n) is 0.955. The summed E-state index contributed by atoms with van der Waals surface area (Å²) in [6.07, 6.45) is 1.68. The monoisotopic (exact) mass is 165 g/mol. The van der Waals surface area contributed by atoms with Gasteiger partial charge < -0.3 is 5.73 Å². The first kappa shape index (κ1) is 6.84. The second-order valence-electron chi connectivity index (χ2n) is 2.43. The molecule has 0 fully saturated rings. The van der Waals surface area contributed by atoms with Crippen LogP contribution in [0.15, 0.2) is 10.8 Å². The molecule has 0 amide bonds. The molecule has 0 atom stereocenters. The van der Waals surface area contributed by atoms with Crippen molar-refractivity contribution in [3.05, 3.63) is 11.8 Å². The van der Waals surface area contributed by atoms with E-state index in [9.17, 15) is 0 Å². The molecule has 2 rings (SSSR count). The highest BCUT2D eigenvalue weighted by Crippen LogP contribution is 2.21. The highest BCUT2D eigenvalue weighted by atomic mass is 16.6. The fraction of sp³-hybridized carbons (Fsp3) is 0.167. The third-order valence-electron chi connectivity index (χ3n) is 1.58. The van der Waals surface area contributed by atoms with E-state index in [1.165, 1.54) is 0 Å². The summed E-state index contributed by atoms with van der Waals surface area (Å²) in [5, 5.41) is 13.7. The minimum atomic E-state index is 0.266. The van der Waals surface area contributed by atoms with Gasteiger partial charge in [0, 0.05) is 0 Å². The molecule has 2 aromatic rings. The maximum atomic E-state index is 5.49. The van der Waals surface area contributed by atoms with Crippen molar-refractivity contribution in [1.82, 2.24) is 20.5 Å². The van der Waals surface area contributed by atoms with E-state index in [0.717, 1.165) is 11.3 Å². The lowest BCUT2D eigenvalue weighted by atomic mass is 10.2. The summed E-state index contributed by atoms with van der Waals surface area (Å²) in [5.74, 6) is 0.266. The quantitative estimate of drug-likeness (QED) is 0.635. The Labute approximate surface area is 67.7 Å². The highest BCUT2D eigenvalue weighted by Gasteiger charge is 2.12. The Kier molecular flexibility index (Phi) is 1.33. The maximum absolute atomic E-state index is 5.49. The van der Waals surface area contributed by atoms with Crippen LogP contribution >= 0.6 is 0 Å². The third-order valence-corrected chi connectivity index (χ3v) is 1.58. The molecule has 6 heteroatoms. The average Bonchev–Trinajstić information content (AvgIpc) is 2.59. The van der Waals surface area contributed by atoms with E-state index in [-0.39, 0.29) is 5.82 Å². The first-order chi connectivity index (χ1) is 5.79. The summed E-state index contributed by atoms with van der Waals surface area (Å²) < 4.78 is 4.45. The topological polar surface area (TPSA) is 93.6 Å². The van der Waals surface area contributed by atoms with E-state index in [0.29, 0.717) is 5.69 Å². The molecule has 12 heavy (non-hydrogen) atoms. The van der Waals surface area contributed by atoms with E-state index in [1.807, 2.05) is 6.92 Å². The standard InChI is InChI=1S/C6H7N5O/c1-3-2-8-9-4(3)5-6(7)11-12-10-5/h2H,1H3,(H2,7,11)(H,8,9). The molecule has 62 valence electrons. The minimum Gasteiger partial charge on any atom is -0.379 e. The van der Waals surface area contributed by atoms with Crippen molar-refractivity contribution in [3.8, 4) is 11.4 Å². The second kappa shape index (κ2) is 2.33. The lowest BCUT2D eigenvalue weighted by Crippen LogP contribution is -1.89. The number of nitrogen functional groups attached to an aromatic ring is 1. The van der Waals surface area contributed by atoms with Gasteiger partial charge in [0.25, 0.3) is 0 Å². The van der Waals surface area contributed by atoms with Crippen molar-refractivity contribution < 1.29 is 4.63 Å². The van der Waals surface area contributed by atoms with Crippen molar-refractivity contribution in [1.29, 1.82) is 0 Å². The van der Waals surface area contributed by atoms with Crippen LogP contribution in [0.2, 0.25) is 0 Å². The Morgan fingerprint density at radius 1 is 1.50 bits per heavy atom. The van der Waals surface area contributed by atoms with E-state index in [4.69, 9.17) is 5.73 Å². The number of hydrogen-bond donors (Lipinski definition) is 2. The van der Waals surface area contributed by atoms with Crippen LogP contribution in [-0.2, 0) is 0 Å². The van der Waals surface area contributed by atoms with Gasteiger partial charge in [-0.3, -0.25) is 5.10 Å². The van der Waals surface area contributed by atoms with Gasteiger partial charge in [0.2, 0.25) is 0 Å². The molecule has 6 nitrogen and oxygen atoms in total. The lowest BCUT2D eigenvalue weighted by Gasteiger charge is -1.90. The fourth-order valence-corrected chi connectivity index (χ4v) is 0.955. The number of nitrogens with two attached hydrogens (primary N) is 1. The summed E-state index contributed by atoms with van der Waals surface area (Å²) in [7, 11) is 0. The van der Waals surface area contributed by atoms with Gasteiger partial charge in [0.05, 0.1) is 11.9 Å². The van der Waals surface area contributed by atoms with E-state index >= 15 is 0 Å². The molecule has 0 saturated carbocycles. The zero-order valence-corrected chi connectivity index (χ0v) is 6.40. The Morgan fingerprint density at radius 2 is 2.33 bits per heavy atom. The van der Waals surface area contributed by atoms with E-state index < -0.39 is 0 Å². The molecular weight excluding hydrogens is 158 g/mol. The number of nitrogens with zero attached hydrogens (tertiary/aromatic N) is 3. The van der Waals surface area contributed by atoms with Crippen LogP contribution in [0.25, 0.3) is 11.4 Å². The molecule has 0 bridgehead atoms. The van der Waals surface area contributed by atoms with Crippen LogP contribution < -0.4 is 5.73 Å². The molecule has 2 heterocycles. The molecule has 2 aromatic heterocycles. The van der Waals surface area contributed by atoms with Crippen LogP contribution in [0.5, 0.6) is 0 Å². The van der Waals surface area contributed by atoms with Crippen LogP contribution in [0, 0.1) is 6.92 Å². The molecule has 0 aliphatic heterocycles. The number of nitrogens with one attached hydrogen (secondary N) is 1. The second-order valence-corrected chi connectivity index (χ2v) is 2.43. The van der Waals surface area contributed by atoms with Crippen LogP contribution in [0.4, 0.5) is 5.82 Å². The van der Waals surface area contributed by atoms with E-state index in [1.54, 1.807) is 6.20 Å². The predicted molar refractivity (Wildman–Crippen MR) is 41.0 cm³/mol. The van der Waals surface area contributed by atoms with Crippen molar-refractivity contribution in [2.45, 2.75) is 6.92 Å². The van der Waals surface area contributed by atoms with Gasteiger partial charge in [-0.2, -0.15) is 5.10 Å². The van der Waals surface area contributed by atoms with Crippen molar-refractivity contribution in [2.24, 2.45) is 0 Å². The maximum Gasteiger partial charge on any atom is 0.198 e. The molecule has 0 aliphatic rings. The molecular formula is C6H7N5O. The number of hydrogen-bond acceptors (Lipinski definition) is 5. The number of aromatic amines is 1. The van der Waals surface area contributed by atoms with Gasteiger partial charge in [-0.05, 0) is 22.8 Å². The van der Waals surface area contributed by atoms with E-state index in [2.05, 4.69) is 25.1 Å². The first-order valence-electron chi connectivity index (χ1n) is 3.37. The van der Waals surface area contributed by atoms with Crippen LogP contribution in [-0.4, -0.2) is 20.5 Å². The Hall–Kier alpha value is -1.85. The molecule has 0 saturated heterocycles. The number of rotatable bonds is 1. The van der Waals surface area contributed by atoms with Gasteiger partial charge in [-0.15, -0.1) is 0 Å². The summed E-state index contributed by atoms with van der Waals surface area (Å²) in [4.78, 5) is 0. The molecule has 0 spiro atoms. The largest absolute Gasteiger partial charge is 0.379 e. The molecule has 3 N–H and O–H groups in total. The minimum absolute atomic E-state index is 0.266. The van der Waals surface area contributed by atoms with Crippen molar-refractivity contribution in [3.63, 3.8) is 0 Å². The number of aromatic nitrogens is 4. The van der Waals surface area contributed by atoms with Gasteiger partial charge in [-0.25, -0.2) is 4.63 Å². The first-order valence-corrected chi connectivity index (χ1v) is 3.37. The number of anilines is 1. The molecule has 0 aromatic carbocycles. The summed E-state index contributed by atoms with van der Waals surface area (Å²) in [5.41, 5.74) is 7.69. The van der Waals surface area contributed by atoms with Crippen LogP contribution in [0.3, 0.4) is 0 Å². The zero-order chi connectivity index (χ0) is 8.55. The van der Waals surface area contributed by atoms with Gasteiger partial charge in [-0.1, -0.05) is 0 Å². The predicted octanol–water partition coefficient (Wildman–Crippen LogP) is 0.350. The lowest BCUT2D eigenvalue weighted by molar-refractivity contribution is 0.310. The van der Waals surface area contributed by atoms with Gasteiger partial charge in [0.1, 0.15) is 0 Å². The van der Waals surface area contributed by atoms with Crippen molar-refractivity contribution >= 4 is 5.82 Å². The third kappa shape index (κ3) is 0.849.